The van der Waals surface area contributed by atoms with E-state index in [0.29, 0.717) is 5.41 Å². The molecule has 0 saturated heterocycles. The van der Waals surface area contributed by atoms with Gasteiger partial charge in [0.2, 0.25) is 0 Å². The summed E-state index contributed by atoms with van der Waals surface area (Å²) in [5.41, 5.74) is 6.03. The van der Waals surface area contributed by atoms with E-state index in [0.717, 1.165) is 6.54 Å². The Labute approximate surface area is 256 Å². The summed E-state index contributed by atoms with van der Waals surface area (Å²) in [6, 6.07) is 0. The standard InChI is InChI=1S/C21H45N.C6HF13O3S/c1-21(2,3)19-17-15-13-11-9-7-5-4-6-8-10-12-14-16-18-20-22;7-1(8,3(11,12)5(15,16)17)2(9,10)4(13,14)6(18,19)23(20,21)22/h4-20,22H2,1-3H3;(H,20,21,22). The fourth-order valence-corrected chi connectivity index (χ4v) is 4.47. The third-order valence-electron chi connectivity index (χ3n) is 6.86. The van der Waals surface area contributed by atoms with Crippen molar-refractivity contribution in [1.29, 1.82) is 0 Å². The van der Waals surface area contributed by atoms with E-state index in [9.17, 15) is 65.5 Å². The zero-order chi connectivity index (χ0) is 36.0. The molecule has 0 amide bonds. The van der Waals surface area contributed by atoms with E-state index in [1.54, 1.807) is 0 Å². The molecule has 0 rings (SSSR count). The van der Waals surface area contributed by atoms with Gasteiger partial charge in [-0.15, -0.1) is 0 Å². The molecule has 0 aromatic carbocycles. The number of nitrogens with two attached hydrogens (primary N) is 1. The predicted molar refractivity (Wildman–Crippen MR) is 145 cm³/mol. The predicted octanol–water partition coefficient (Wildman–Crippen LogP) is 10.8. The topological polar surface area (TPSA) is 80.4 Å². The van der Waals surface area contributed by atoms with Gasteiger partial charge in [-0.25, -0.2) is 0 Å². The Balaban J connectivity index is 0. The van der Waals surface area contributed by atoms with Crippen LogP contribution >= 0.6 is 0 Å². The minimum Gasteiger partial charge on any atom is -0.330 e. The zero-order valence-corrected chi connectivity index (χ0v) is 26.5. The van der Waals surface area contributed by atoms with Gasteiger partial charge in [-0.3, -0.25) is 4.55 Å². The second-order valence-electron chi connectivity index (χ2n) is 12.2. The normalized spacial score (nSPS) is 14.4. The van der Waals surface area contributed by atoms with E-state index in [2.05, 4.69) is 20.8 Å². The SMILES string of the molecule is CC(C)(C)CCCCCCCCCCCCCCCCCN.O=S(=O)(O)C(F)(F)C(F)(F)C(F)(F)C(F)(F)C(F)(F)C(F)(F)F. The van der Waals surface area contributed by atoms with Crippen LogP contribution in [0.25, 0.3) is 0 Å². The van der Waals surface area contributed by atoms with E-state index in [1.165, 1.54) is 103 Å². The molecule has 0 radical (unpaired) electrons. The van der Waals surface area contributed by atoms with Crippen LogP contribution in [0.3, 0.4) is 0 Å². The van der Waals surface area contributed by atoms with Crippen LogP contribution in [0.1, 0.15) is 124 Å². The van der Waals surface area contributed by atoms with Crippen LogP contribution in [0, 0.1) is 5.41 Å². The zero-order valence-electron chi connectivity index (χ0n) is 25.7. The molecule has 18 heteroatoms. The molecule has 0 saturated carbocycles. The van der Waals surface area contributed by atoms with E-state index in [4.69, 9.17) is 10.3 Å². The lowest BCUT2D eigenvalue weighted by Gasteiger charge is -2.38. The van der Waals surface area contributed by atoms with Gasteiger partial charge in [0.1, 0.15) is 0 Å². The van der Waals surface area contributed by atoms with Gasteiger partial charge in [0.05, 0.1) is 0 Å². The summed E-state index contributed by atoms with van der Waals surface area (Å²) in [7, 11) is -7.61. The average Bonchev–Trinajstić information content (AvgIpc) is 2.86. The largest absolute Gasteiger partial charge is 0.460 e. The number of rotatable bonds is 21. The van der Waals surface area contributed by atoms with Crippen LogP contribution < -0.4 is 5.73 Å². The van der Waals surface area contributed by atoms with Crippen molar-refractivity contribution in [1.82, 2.24) is 0 Å². The quantitative estimate of drug-likeness (QED) is 0.0706. The smallest absolute Gasteiger partial charge is 0.330 e. The molecule has 0 spiro atoms. The summed E-state index contributed by atoms with van der Waals surface area (Å²) in [5, 5.41) is -7.52. The fourth-order valence-electron chi connectivity index (χ4n) is 4.01. The summed E-state index contributed by atoms with van der Waals surface area (Å²) in [6.07, 6.45) is 15.2. The Bertz CT molecular complexity index is 920. The number of unbranched alkanes of at least 4 members (excludes halogenated alkanes) is 14. The van der Waals surface area contributed by atoms with Crippen LogP contribution in [-0.2, 0) is 10.1 Å². The second kappa shape index (κ2) is 18.5. The third-order valence-corrected chi connectivity index (χ3v) is 7.76. The summed E-state index contributed by atoms with van der Waals surface area (Å²) in [4.78, 5) is 0. The molecule has 274 valence electrons. The highest BCUT2D eigenvalue weighted by atomic mass is 32.2. The Hall–Kier alpha value is -1.04. The molecule has 0 aliphatic heterocycles. The summed E-state index contributed by atoms with van der Waals surface area (Å²) < 4.78 is 188. The number of alkyl halides is 13. The first-order valence-corrected chi connectivity index (χ1v) is 16.1. The molecule has 0 aromatic rings. The van der Waals surface area contributed by atoms with Gasteiger partial charge in [-0.2, -0.15) is 65.5 Å². The molecule has 4 nitrogen and oxygen atoms in total. The van der Waals surface area contributed by atoms with Crippen LogP contribution in [-0.4, -0.2) is 54.6 Å². The molecule has 0 aliphatic carbocycles. The Morgan fingerprint density at radius 1 is 0.467 bits per heavy atom. The fraction of sp³-hybridized carbons (Fsp3) is 1.00. The van der Waals surface area contributed by atoms with Crippen molar-refractivity contribution in [2.45, 2.75) is 159 Å². The van der Waals surface area contributed by atoms with E-state index >= 15 is 0 Å². The summed E-state index contributed by atoms with van der Waals surface area (Å²) in [6.45, 7) is 7.93. The van der Waals surface area contributed by atoms with Crippen molar-refractivity contribution in [2.75, 3.05) is 6.54 Å². The molecular weight excluding hydrogens is 665 g/mol. The molecule has 0 heterocycles. The van der Waals surface area contributed by atoms with E-state index in [-0.39, 0.29) is 0 Å². The molecular formula is C27H46F13NO3S. The van der Waals surface area contributed by atoms with Crippen molar-refractivity contribution < 1.29 is 70.0 Å². The minimum absolute atomic E-state index is 0.532. The van der Waals surface area contributed by atoms with Crippen LogP contribution in [0.4, 0.5) is 57.1 Å². The lowest BCUT2D eigenvalue weighted by molar-refractivity contribution is -0.433. The maximum atomic E-state index is 12.7. The lowest BCUT2D eigenvalue weighted by atomic mass is 9.89. The van der Waals surface area contributed by atoms with Gasteiger partial charge >= 0.3 is 45.2 Å². The summed E-state index contributed by atoms with van der Waals surface area (Å²) in [5.74, 6) is -32.5. The van der Waals surface area contributed by atoms with Crippen LogP contribution in [0.2, 0.25) is 0 Å². The number of halogens is 13. The van der Waals surface area contributed by atoms with Crippen molar-refractivity contribution in [3.05, 3.63) is 0 Å². The van der Waals surface area contributed by atoms with Gasteiger partial charge < -0.3 is 5.73 Å². The van der Waals surface area contributed by atoms with Crippen molar-refractivity contribution in [3.8, 4) is 0 Å². The van der Waals surface area contributed by atoms with Crippen molar-refractivity contribution in [3.63, 3.8) is 0 Å². The number of hydrogen-bond donors (Lipinski definition) is 2. The van der Waals surface area contributed by atoms with Crippen molar-refractivity contribution in [2.24, 2.45) is 11.1 Å². The monoisotopic (exact) mass is 711 g/mol. The molecule has 0 unspecified atom stereocenters. The highest BCUT2D eigenvalue weighted by Gasteiger charge is 2.92. The first-order valence-electron chi connectivity index (χ1n) is 14.7. The molecule has 3 N–H and O–H groups in total. The highest BCUT2D eigenvalue weighted by Crippen LogP contribution is 2.60. The maximum Gasteiger partial charge on any atom is 0.460 e. The summed E-state index contributed by atoms with van der Waals surface area (Å²) >= 11 is 0. The van der Waals surface area contributed by atoms with Crippen LogP contribution in [0.15, 0.2) is 0 Å². The average molecular weight is 712 g/mol. The van der Waals surface area contributed by atoms with Gasteiger partial charge in [0.25, 0.3) is 0 Å². The van der Waals surface area contributed by atoms with Crippen molar-refractivity contribution >= 4 is 10.1 Å². The van der Waals surface area contributed by atoms with Gasteiger partial charge in [-0.1, -0.05) is 111 Å². The highest BCUT2D eigenvalue weighted by molar-refractivity contribution is 7.87. The molecule has 0 fully saturated rings. The Morgan fingerprint density at radius 3 is 0.978 bits per heavy atom. The Kier molecular flexibility index (Phi) is 18.9. The third kappa shape index (κ3) is 13.9. The first kappa shape index (κ1) is 46.1. The number of hydrogen-bond acceptors (Lipinski definition) is 3. The molecule has 0 bridgehead atoms. The van der Waals surface area contributed by atoms with Gasteiger partial charge in [-0.05, 0) is 24.8 Å². The van der Waals surface area contributed by atoms with Gasteiger partial charge in [0.15, 0.2) is 0 Å². The van der Waals surface area contributed by atoms with Crippen LogP contribution in [0.5, 0.6) is 0 Å². The first-order chi connectivity index (χ1) is 20.1. The molecule has 45 heavy (non-hydrogen) atoms. The van der Waals surface area contributed by atoms with E-state index in [1.807, 2.05) is 0 Å². The lowest BCUT2D eigenvalue weighted by Crippen LogP contribution is -2.71. The molecule has 0 aliphatic rings. The minimum atomic E-state index is -8.25. The van der Waals surface area contributed by atoms with E-state index < -0.39 is 45.2 Å². The van der Waals surface area contributed by atoms with Gasteiger partial charge in [0, 0.05) is 0 Å². The Morgan fingerprint density at radius 2 is 0.733 bits per heavy atom. The molecule has 0 atom stereocenters. The second-order valence-corrected chi connectivity index (χ2v) is 13.7. The maximum absolute atomic E-state index is 12.7. The molecule has 0 aromatic heterocycles.